The molecule has 0 saturated heterocycles. The van der Waals surface area contributed by atoms with Crippen molar-refractivity contribution in [3.05, 3.63) is 35.6 Å². The average molecular weight is 400 g/mol. The second-order valence-electron chi connectivity index (χ2n) is 9.90. The Labute approximate surface area is 173 Å². The summed E-state index contributed by atoms with van der Waals surface area (Å²) in [6, 6.07) is 6.84. The van der Waals surface area contributed by atoms with Gasteiger partial charge < -0.3 is 5.32 Å². The highest BCUT2D eigenvalue weighted by Gasteiger charge is 2.56. The number of nitrogens with one attached hydrogen (secondary N) is 1. The summed E-state index contributed by atoms with van der Waals surface area (Å²) in [5, 5.41) is 9.53. The van der Waals surface area contributed by atoms with Crippen LogP contribution in [0.1, 0.15) is 71.3 Å². The summed E-state index contributed by atoms with van der Waals surface area (Å²) in [5.41, 5.74) is 2.31. The Hall–Kier alpha value is -1.91. The molecule has 1 heterocycles. The zero-order valence-corrected chi connectivity index (χ0v) is 18.1. The van der Waals surface area contributed by atoms with Gasteiger partial charge in [-0.15, -0.1) is 0 Å². The minimum Gasteiger partial charge on any atom is -0.333 e. The molecule has 158 valence electrons. The number of carbonyl (C=O) groups excluding carboxylic acids is 1. The number of fused-ring (bicyclic) bond motifs is 2. The molecule has 1 aliphatic heterocycles. The van der Waals surface area contributed by atoms with Gasteiger partial charge in [0.25, 0.3) is 0 Å². The van der Waals surface area contributed by atoms with Gasteiger partial charge in [0.1, 0.15) is 5.82 Å². The van der Waals surface area contributed by atoms with E-state index in [2.05, 4.69) is 38.1 Å². The van der Waals surface area contributed by atoms with Crippen LogP contribution in [0.4, 0.5) is 9.18 Å². The van der Waals surface area contributed by atoms with Crippen LogP contribution < -0.4 is 5.32 Å². The molecule has 1 aromatic carbocycles. The van der Waals surface area contributed by atoms with Gasteiger partial charge in [0.15, 0.2) is 0 Å². The quantitative estimate of drug-likeness (QED) is 0.693. The number of nitrogens with zero attached hydrogens (tertiary/aromatic N) is 2. The van der Waals surface area contributed by atoms with Crippen molar-refractivity contribution in [2.75, 3.05) is 6.54 Å². The molecule has 2 bridgehead atoms. The molecule has 4 aliphatic rings. The molecule has 3 fully saturated rings. The van der Waals surface area contributed by atoms with Crippen LogP contribution in [-0.4, -0.2) is 29.3 Å². The van der Waals surface area contributed by atoms with Crippen molar-refractivity contribution in [1.29, 1.82) is 0 Å². The first-order valence-corrected chi connectivity index (χ1v) is 11.2. The molecule has 1 N–H and O–H groups in total. The molecule has 3 saturated carbocycles. The molecular formula is C24H34FN3O. The SMILES string of the molecule is CCCCC1=NN(C(=O)N[C@H]2C[C@H]3C[C@@H]([C@@H]2C)C3(C)C)CC1c1cccc(F)c1. The van der Waals surface area contributed by atoms with E-state index >= 15 is 0 Å². The smallest absolute Gasteiger partial charge is 0.333 e. The van der Waals surface area contributed by atoms with Crippen molar-refractivity contribution in [2.45, 2.75) is 71.8 Å². The highest BCUT2D eigenvalue weighted by atomic mass is 19.1. The van der Waals surface area contributed by atoms with E-state index in [-0.39, 0.29) is 23.8 Å². The number of carbonyl (C=O) groups is 1. The van der Waals surface area contributed by atoms with Gasteiger partial charge >= 0.3 is 6.03 Å². The molecule has 29 heavy (non-hydrogen) atoms. The number of rotatable bonds is 5. The lowest BCUT2D eigenvalue weighted by Crippen LogP contribution is -2.61. The number of amides is 2. The first-order valence-electron chi connectivity index (χ1n) is 11.2. The topological polar surface area (TPSA) is 44.7 Å². The number of urea groups is 1. The van der Waals surface area contributed by atoms with Crippen molar-refractivity contribution in [3.63, 3.8) is 0 Å². The number of hydrogen-bond acceptors (Lipinski definition) is 2. The van der Waals surface area contributed by atoms with Gasteiger partial charge in [0.05, 0.1) is 6.54 Å². The second kappa shape index (κ2) is 7.73. The number of halogens is 1. The van der Waals surface area contributed by atoms with E-state index in [9.17, 15) is 9.18 Å². The van der Waals surface area contributed by atoms with E-state index in [0.29, 0.717) is 29.7 Å². The number of hydrogen-bond donors (Lipinski definition) is 1. The molecule has 1 unspecified atom stereocenters. The standard InChI is InChI=1S/C24H34FN3O/c1-5-6-10-21-19(16-8-7-9-18(25)11-16)14-28(27-21)23(29)26-22-13-17-12-20(15(22)2)24(17,3)4/h7-9,11,15,17,19-20,22H,5-6,10,12-14H2,1-4H3,(H,26,29)/t15-,17+,19?,20-,22-/m0/s1. The third-order valence-corrected chi connectivity index (χ3v) is 7.94. The Balaban J connectivity index is 1.45. The minimum absolute atomic E-state index is 0.0147. The van der Waals surface area contributed by atoms with Gasteiger partial charge in [-0.2, -0.15) is 5.10 Å². The van der Waals surface area contributed by atoms with Crippen LogP contribution >= 0.6 is 0 Å². The van der Waals surface area contributed by atoms with E-state index in [1.165, 1.54) is 12.5 Å². The summed E-state index contributed by atoms with van der Waals surface area (Å²) < 4.78 is 13.8. The fraction of sp³-hybridized carbons (Fsp3) is 0.667. The van der Waals surface area contributed by atoms with Crippen molar-refractivity contribution < 1.29 is 9.18 Å². The summed E-state index contributed by atoms with van der Waals surface area (Å²) in [6.45, 7) is 9.66. The lowest BCUT2D eigenvalue weighted by molar-refractivity contribution is -0.113. The predicted octanol–water partition coefficient (Wildman–Crippen LogP) is 5.55. The fourth-order valence-electron chi connectivity index (χ4n) is 5.85. The summed E-state index contributed by atoms with van der Waals surface area (Å²) in [4.78, 5) is 13.0. The van der Waals surface area contributed by atoms with Crippen LogP contribution in [0.15, 0.2) is 29.4 Å². The number of benzene rings is 1. The maximum absolute atomic E-state index is 13.8. The highest BCUT2D eigenvalue weighted by Crippen LogP contribution is 2.61. The minimum atomic E-state index is -0.238. The van der Waals surface area contributed by atoms with Crippen LogP contribution in [0.5, 0.6) is 0 Å². The maximum Gasteiger partial charge on any atom is 0.338 e. The van der Waals surface area contributed by atoms with Crippen molar-refractivity contribution in [1.82, 2.24) is 10.3 Å². The molecule has 5 atom stereocenters. The lowest BCUT2D eigenvalue weighted by atomic mass is 9.45. The maximum atomic E-state index is 13.8. The Kier molecular flexibility index (Phi) is 5.43. The van der Waals surface area contributed by atoms with E-state index in [0.717, 1.165) is 37.0 Å². The van der Waals surface area contributed by atoms with Gasteiger partial charge in [-0.05, 0) is 66.5 Å². The molecule has 5 heteroatoms. The fourth-order valence-corrected chi connectivity index (χ4v) is 5.85. The molecule has 4 nitrogen and oxygen atoms in total. The highest BCUT2D eigenvalue weighted by molar-refractivity contribution is 5.94. The van der Waals surface area contributed by atoms with Gasteiger partial charge in [-0.3, -0.25) is 0 Å². The van der Waals surface area contributed by atoms with Crippen LogP contribution in [0.25, 0.3) is 0 Å². The summed E-state index contributed by atoms with van der Waals surface area (Å²) in [6.07, 6.45) is 5.30. The van der Waals surface area contributed by atoms with Crippen LogP contribution in [0, 0.1) is 29.0 Å². The monoisotopic (exact) mass is 399 g/mol. The molecule has 2 amide bonds. The molecule has 0 radical (unpaired) electrons. The molecule has 5 rings (SSSR count). The van der Waals surface area contributed by atoms with Gasteiger partial charge in [0, 0.05) is 17.7 Å². The lowest BCUT2D eigenvalue weighted by Gasteiger charge is -2.62. The summed E-state index contributed by atoms with van der Waals surface area (Å²) >= 11 is 0. The van der Waals surface area contributed by atoms with Gasteiger partial charge in [-0.25, -0.2) is 14.2 Å². The molecule has 0 spiro atoms. The van der Waals surface area contributed by atoms with Crippen molar-refractivity contribution in [2.24, 2.45) is 28.3 Å². The van der Waals surface area contributed by atoms with E-state index in [1.54, 1.807) is 17.1 Å². The second-order valence-corrected chi connectivity index (χ2v) is 9.90. The summed E-state index contributed by atoms with van der Waals surface area (Å²) in [5.74, 6) is 1.63. The van der Waals surface area contributed by atoms with Gasteiger partial charge in [-0.1, -0.05) is 46.2 Å². The van der Waals surface area contributed by atoms with Gasteiger partial charge in [0.2, 0.25) is 0 Å². The molecule has 3 aliphatic carbocycles. The normalized spacial score (nSPS) is 32.5. The van der Waals surface area contributed by atoms with E-state index < -0.39 is 0 Å². The van der Waals surface area contributed by atoms with Crippen LogP contribution in [0.2, 0.25) is 0 Å². The Morgan fingerprint density at radius 3 is 2.79 bits per heavy atom. The number of hydrazone groups is 1. The van der Waals surface area contributed by atoms with Crippen LogP contribution in [-0.2, 0) is 0 Å². The zero-order chi connectivity index (χ0) is 20.8. The Morgan fingerprint density at radius 2 is 2.14 bits per heavy atom. The van der Waals surface area contributed by atoms with Crippen LogP contribution in [0.3, 0.4) is 0 Å². The Bertz CT molecular complexity index is 805. The average Bonchev–Trinajstić information content (AvgIpc) is 3.11. The van der Waals surface area contributed by atoms with E-state index in [4.69, 9.17) is 0 Å². The predicted molar refractivity (Wildman–Crippen MR) is 114 cm³/mol. The largest absolute Gasteiger partial charge is 0.338 e. The van der Waals surface area contributed by atoms with E-state index in [1.807, 2.05) is 6.07 Å². The molecule has 1 aromatic rings. The first kappa shape index (κ1) is 20.4. The third kappa shape index (κ3) is 3.69. The Morgan fingerprint density at radius 1 is 1.34 bits per heavy atom. The van der Waals surface area contributed by atoms with Crippen molar-refractivity contribution >= 4 is 11.7 Å². The summed E-state index contributed by atoms with van der Waals surface area (Å²) in [7, 11) is 0. The number of unbranched alkanes of at least 4 members (excludes halogenated alkanes) is 1. The third-order valence-electron chi connectivity index (χ3n) is 7.94. The molecule has 0 aromatic heterocycles. The zero-order valence-electron chi connectivity index (χ0n) is 18.1. The van der Waals surface area contributed by atoms with Crippen molar-refractivity contribution in [3.8, 4) is 0 Å². The first-order chi connectivity index (χ1) is 13.8. The molecular weight excluding hydrogens is 365 g/mol.